The van der Waals surface area contributed by atoms with Gasteiger partial charge in [0.25, 0.3) is 12.0 Å². The number of hydrogen-bond donors (Lipinski definition) is 3. The third-order valence-electron chi connectivity index (χ3n) is 10.7. The van der Waals surface area contributed by atoms with Crippen LogP contribution in [0.4, 0.5) is 25.1 Å². The minimum atomic E-state index is -3.08. The number of amides is 2. The lowest BCUT2D eigenvalue weighted by atomic mass is 9.93. The fraction of sp³-hybridized carbons (Fsp3) is 0.351. The van der Waals surface area contributed by atoms with Crippen LogP contribution in [0.25, 0.3) is 33.4 Å². The van der Waals surface area contributed by atoms with Crippen molar-refractivity contribution in [1.82, 2.24) is 39.6 Å². The van der Waals surface area contributed by atoms with Crippen LogP contribution in [0.1, 0.15) is 48.7 Å². The van der Waals surface area contributed by atoms with Crippen LogP contribution < -0.4 is 31.9 Å². The number of carbonyl (C=O) groups excluding carboxylic acids is 1. The molecule has 8 rings (SSSR count). The molecule has 54 heavy (non-hydrogen) atoms. The largest absolute Gasteiger partial charge is 0.481 e. The highest BCUT2D eigenvalue weighted by atomic mass is 35.5. The van der Waals surface area contributed by atoms with Gasteiger partial charge in [0.1, 0.15) is 11.2 Å². The van der Waals surface area contributed by atoms with Gasteiger partial charge in [-0.1, -0.05) is 53.5 Å². The lowest BCUT2D eigenvalue weighted by Gasteiger charge is -2.36. The molecule has 280 valence electrons. The maximum atomic E-state index is 13.9. The number of aryl methyl sites for hydroxylation is 2. The number of aromatic nitrogens is 5. The van der Waals surface area contributed by atoms with Crippen LogP contribution in [0.15, 0.2) is 52.1 Å². The van der Waals surface area contributed by atoms with Crippen molar-refractivity contribution in [3.63, 3.8) is 0 Å². The van der Waals surface area contributed by atoms with E-state index in [0.29, 0.717) is 39.8 Å². The number of hydrogen-bond acceptors (Lipinski definition) is 9. The predicted molar refractivity (Wildman–Crippen MR) is 201 cm³/mol. The third-order valence-corrected chi connectivity index (χ3v) is 11.6. The van der Waals surface area contributed by atoms with E-state index in [0.717, 1.165) is 59.0 Å². The average molecular weight is 779 g/mol. The lowest BCUT2D eigenvalue weighted by molar-refractivity contribution is 0.141. The normalized spacial score (nSPS) is 19.7. The molecule has 0 bridgehead atoms. The summed E-state index contributed by atoms with van der Waals surface area (Å²) in [4.78, 5) is 53.1. The van der Waals surface area contributed by atoms with E-state index in [9.17, 15) is 23.2 Å². The molecule has 0 radical (unpaired) electrons. The smallest absolute Gasteiger partial charge is 0.332 e. The van der Waals surface area contributed by atoms with Crippen LogP contribution in [-0.2, 0) is 20.5 Å². The van der Waals surface area contributed by atoms with E-state index in [-0.39, 0.29) is 45.2 Å². The van der Waals surface area contributed by atoms with Crippen molar-refractivity contribution in [3.8, 4) is 28.3 Å². The first-order valence-corrected chi connectivity index (χ1v) is 18.1. The van der Waals surface area contributed by atoms with Crippen LogP contribution in [0.2, 0.25) is 10.0 Å². The molecule has 2 fully saturated rings. The monoisotopic (exact) mass is 777 g/mol. The second-order valence-corrected chi connectivity index (χ2v) is 14.6. The van der Waals surface area contributed by atoms with Gasteiger partial charge in [-0.15, -0.1) is 0 Å². The number of anilines is 2. The topological polar surface area (TPSA) is 148 Å². The molecule has 2 amide bonds. The summed E-state index contributed by atoms with van der Waals surface area (Å²) in [5, 5.41) is 9.37. The Morgan fingerprint density at radius 1 is 0.981 bits per heavy atom. The van der Waals surface area contributed by atoms with Crippen molar-refractivity contribution in [2.75, 3.05) is 32.1 Å². The van der Waals surface area contributed by atoms with Gasteiger partial charge >= 0.3 is 11.7 Å². The van der Waals surface area contributed by atoms with Crippen LogP contribution >= 0.6 is 23.2 Å². The number of rotatable bonds is 7. The number of likely N-dealkylation sites (tertiary alicyclic amines) is 1. The first-order valence-electron chi connectivity index (χ1n) is 17.4. The number of carbonyl (C=O) groups is 1. The maximum absolute atomic E-state index is 13.9. The highest BCUT2D eigenvalue weighted by molar-refractivity contribution is 6.39. The zero-order valence-electron chi connectivity index (χ0n) is 29.5. The van der Waals surface area contributed by atoms with Crippen molar-refractivity contribution >= 4 is 51.8 Å². The lowest BCUT2D eigenvalue weighted by Crippen LogP contribution is -2.59. The zero-order valence-corrected chi connectivity index (χ0v) is 31.0. The van der Waals surface area contributed by atoms with Crippen LogP contribution in [0.3, 0.4) is 0 Å². The van der Waals surface area contributed by atoms with E-state index in [1.165, 1.54) is 14.1 Å². The number of fused-ring (bicyclic) bond motifs is 2. The molecule has 13 nitrogen and oxygen atoms in total. The van der Waals surface area contributed by atoms with E-state index in [1.807, 2.05) is 12.1 Å². The SMILES string of the molecule is COc1nc(-c2cccc(-c3cccc(Nc4nc(C(F)F)nc5c4c(=O)n(C)c(=O)n5C)c3Cl)c2Cl)cc2c1[C@@H](N1CC[C@]3(CCNC(=O)N3)C1)CC2. The summed E-state index contributed by atoms with van der Waals surface area (Å²) in [5.74, 6) is -0.572. The minimum Gasteiger partial charge on any atom is -0.481 e. The summed E-state index contributed by atoms with van der Waals surface area (Å²) in [6, 6.07) is 12.6. The first kappa shape index (κ1) is 35.9. The summed E-state index contributed by atoms with van der Waals surface area (Å²) in [5.41, 5.74) is 2.82. The molecule has 2 saturated heterocycles. The van der Waals surface area contributed by atoms with Crippen molar-refractivity contribution < 1.29 is 18.3 Å². The third kappa shape index (κ3) is 5.94. The van der Waals surface area contributed by atoms with E-state index < -0.39 is 23.5 Å². The molecule has 0 unspecified atom stereocenters. The average Bonchev–Trinajstić information content (AvgIpc) is 3.77. The molecule has 1 aliphatic carbocycles. The molecule has 3 N–H and O–H groups in total. The maximum Gasteiger partial charge on any atom is 0.332 e. The zero-order chi connectivity index (χ0) is 38.1. The van der Waals surface area contributed by atoms with Gasteiger partial charge in [-0.25, -0.2) is 33.3 Å². The van der Waals surface area contributed by atoms with Crippen molar-refractivity contribution in [2.45, 2.75) is 43.7 Å². The number of benzene rings is 2. The van der Waals surface area contributed by atoms with Crippen molar-refractivity contribution in [3.05, 3.63) is 90.3 Å². The molecule has 2 aliphatic heterocycles. The number of nitrogens with zero attached hydrogens (tertiary/aromatic N) is 6. The summed E-state index contributed by atoms with van der Waals surface area (Å²) < 4.78 is 35.6. The molecule has 5 aromatic rings. The Hall–Kier alpha value is -5.12. The van der Waals surface area contributed by atoms with Gasteiger partial charge in [0.05, 0.1) is 34.1 Å². The Kier molecular flexibility index (Phi) is 9.05. The molecule has 2 aromatic carbocycles. The van der Waals surface area contributed by atoms with Gasteiger partial charge in [-0.3, -0.25) is 18.8 Å². The number of halogens is 4. The highest BCUT2D eigenvalue weighted by Crippen LogP contribution is 2.47. The number of pyridine rings is 1. The fourth-order valence-corrected chi connectivity index (χ4v) is 8.65. The van der Waals surface area contributed by atoms with Crippen LogP contribution in [0.5, 0.6) is 5.88 Å². The van der Waals surface area contributed by atoms with Gasteiger partial charge in [-0.2, -0.15) is 0 Å². The molecular formula is C37H35Cl2F2N9O4. The molecule has 3 aromatic heterocycles. The van der Waals surface area contributed by atoms with Gasteiger partial charge in [0.2, 0.25) is 5.88 Å². The van der Waals surface area contributed by atoms with Crippen molar-refractivity contribution in [2.24, 2.45) is 14.1 Å². The molecular weight excluding hydrogens is 743 g/mol. The number of alkyl halides is 2. The van der Waals surface area contributed by atoms with E-state index in [2.05, 4.69) is 36.9 Å². The Morgan fingerprint density at radius 3 is 2.46 bits per heavy atom. The molecule has 1 spiro atoms. The second-order valence-electron chi connectivity index (χ2n) is 13.9. The molecule has 3 aliphatic rings. The standard InChI is InChI=1S/C37H35Cl2F2N9O4/c1-48-32-26(34(51)49(2)36(48)53)30(45-31(46-32)29(40)41)43-22-9-5-7-20(28(22)39)19-6-4-8-21(27(19)38)23-16-18-10-11-24(25(18)33(44-23)54-3)50-15-13-37(17-50)12-14-42-35(52)47-37/h4-9,16,24,29H,10-15,17H2,1-3H3,(H2,42,47,52)(H,43,45,46)/t24-,37+/m0/s1. The van der Waals surface area contributed by atoms with E-state index >= 15 is 0 Å². The number of methoxy groups -OCH3 is 1. The van der Waals surface area contributed by atoms with Gasteiger partial charge in [0, 0.05) is 62.0 Å². The van der Waals surface area contributed by atoms with Gasteiger partial charge < -0.3 is 20.7 Å². The Labute approximate surface area is 317 Å². The number of ether oxygens (including phenoxy) is 1. The summed E-state index contributed by atoms with van der Waals surface area (Å²) in [7, 11) is 4.22. The first-order chi connectivity index (χ1) is 25.9. The second kappa shape index (κ2) is 13.6. The Balaban J connectivity index is 1.14. The summed E-state index contributed by atoms with van der Waals surface area (Å²) >= 11 is 14.1. The number of urea groups is 1. The Bertz CT molecular complexity index is 2490. The Morgan fingerprint density at radius 2 is 1.72 bits per heavy atom. The molecule has 5 heterocycles. The van der Waals surface area contributed by atoms with E-state index in [1.54, 1.807) is 31.4 Å². The quantitative estimate of drug-likeness (QED) is 0.184. The van der Waals surface area contributed by atoms with Crippen molar-refractivity contribution in [1.29, 1.82) is 0 Å². The highest BCUT2D eigenvalue weighted by Gasteiger charge is 2.45. The van der Waals surface area contributed by atoms with Crippen LogP contribution in [0, 0.1) is 0 Å². The minimum absolute atomic E-state index is 0.104. The fourth-order valence-electron chi connectivity index (χ4n) is 8.05. The van der Waals surface area contributed by atoms with E-state index in [4.69, 9.17) is 32.9 Å². The molecule has 17 heteroatoms. The number of nitrogens with one attached hydrogen (secondary N) is 3. The predicted octanol–water partition coefficient (Wildman–Crippen LogP) is 5.89. The van der Waals surface area contributed by atoms with Gasteiger partial charge in [-0.05, 0) is 43.4 Å². The summed E-state index contributed by atoms with van der Waals surface area (Å²) in [6.45, 7) is 2.27. The van der Waals surface area contributed by atoms with Gasteiger partial charge in [0.15, 0.2) is 11.5 Å². The molecule has 0 saturated carbocycles. The molecule has 2 atom stereocenters. The summed E-state index contributed by atoms with van der Waals surface area (Å²) in [6.07, 6.45) is 0.395. The van der Waals surface area contributed by atoms with Crippen LogP contribution in [-0.4, -0.2) is 67.3 Å².